The van der Waals surface area contributed by atoms with Gasteiger partial charge in [-0.05, 0) is 18.3 Å². The third-order valence-electron chi connectivity index (χ3n) is 3.49. The maximum atomic E-state index is 11.5. The zero-order valence-corrected chi connectivity index (χ0v) is 10.2. The van der Waals surface area contributed by atoms with Crippen molar-refractivity contribution >= 4 is 11.9 Å². The minimum Gasteiger partial charge on any atom is -0.481 e. The maximum Gasteiger partial charge on any atom is 0.310 e. The van der Waals surface area contributed by atoms with Crippen LogP contribution in [0.15, 0.2) is 0 Å². The molecule has 0 bridgehead atoms. The van der Waals surface area contributed by atoms with E-state index in [9.17, 15) is 14.7 Å². The van der Waals surface area contributed by atoms with Crippen molar-refractivity contribution in [3.8, 4) is 0 Å². The van der Waals surface area contributed by atoms with E-state index in [2.05, 4.69) is 0 Å². The highest BCUT2D eigenvalue weighted by Gasteiger charge is 2.47. The summed E-state index contributed by atoms with van der Waals surface area (Å²) in [6.45, 7) is 2.52. The van der Waals surface area contributed by atoms with E-state index < -0.39 is 29.1 Å². The molecule has 5 N–H and O–H groups in total. The fourth-order valence-electron chi connectivity index (χ4n) is 2.16. The van der Waals surface area contributed by atoms with Crippen LogP contribution in [0.4, 0.5) is 0 Å². The molecular formula is C11H21NO5. The summed E-state index contributed by atoms with van der Waals surface area (Å²) in [7, 11) is 0. The molecule has 0 saturated heterocycles. The van der Waals surface area contributed by atoms with Crippen LogP contribution in [0.2, 0.25) is 0 Å². The molecule has 0 saturated carbocycles. The maximum absolute atomic E-state index is 11.5. The third-order valence-corrected chi connectivity index (χ3v) is 3.49. The van der Waals surface area contributed by atoms with Crippen LogP contribution in [0.25, 0.3) is 0 Å². The van der Waals surface area contributed by atoms with Gasteiger partial charge in [0.1, 0.15) is 0 Å². The summed E-state index contributed by atoms with van der Waals surface area (Å²) in [6.07, 6.45) is -0.0674. The smallest absolute Gasteiger partial charge is 0.310 e. The van der Waals surface area contributed by atoms with Gasteiger partial charge in [0.15, 0.2) is 0 Å². The summed E-state index contributed by atoms with van der Waals surface area (Å²) in [4.78, 5) is 22.3. The van der Waals surface area contributed by atoms with E-state index >= 15 is 0 Å². The van der Waals surface area contributed by atoms with Gasteiger partial charge in [-0.1, -0.05) is 13.8 Å². The van der Waals surface area contributed by atoms with Crippen LogP contribution in [0.3, 0.4) is 0 Å². The average molecular weight is 247 g/mol. The summed E-state index contributed by atoms with van der Waals surface area (Å²) in [6, 6.07) is 0. The highest BCUT2D eigenvalue weighted by molar-refractivity contribution is 5.78. The summed E-state index contributed by atoms with van der Waals surface area (Å²) in [5.41, 5.74) is 3.69. The summed E-state index contributed by atoms with van der Waals surface area (Å²) >= 11 is 0. The van der Waals surface area contributed by atoms with Crippen LogP contribution in [-0.4, -0.2) is 40.4 Å². The van der Waals surface area contributed by atoms with Crippen LogP contribution in [-0.2, 0) is 9.59 Å². The first-order chi connectivity index (χ1) is 7.82. The number of primary amides is 1. The van der Waals surface area contributed by atoms with Crippen LogP contribution in [0.1, 0.15) is 26.7 Å². The standard InChI is InChI=1S/C11H21NO5/c1-7(5-13)11(10(16)17,8(2)6-14)4-3-9(12)15/h7-8,13-14H,3-6H2,1-2H3,(H2,12,15)(H,16,17). The van der Waals surface area contributed by atoms with Crippen LogP contribution >= 0.6 is 0 Å². The van der Waals surface area contributed by atoms with E-state index in [1.54, 1.807) is 13.8 Å². The number of carbonyl (C=O) groups is 2. The largest absolute Gasteiger partial charge is 0.481 e. The monoisotopic (exact) mass is 247 g/mol. The van der Waals surface area contributed by atoms with Crippen molar-refractivity contribution in [1.29, 1.82) is 0 Å². The first-order valence-electron chi connectivity index (χ1n) is 5.56. The van der Waals surface area contributed by atoms with Crippen LogP contribution in [0, 0.1) is 17.3 Å². The quantitative estimate of drug-likeness (QED) is 0.464. The number of aliphatic carboxylic acids is 1. The molecule has 0 aliphatic heterocycles. The molecule has 2 unspecified atom stereocenters. The van der Waals surface area contributed by atoms with Crippen molar-refractivity contribution in [2.24, 2.45) is 23.0 Å². The Kier molecular flexibility index (Phi) is 6.12. The summed E-state index contributed by atoms with van der Waals surface area (Å²) < 4.78 is 0. The number of carboxylic acids is 1. The average Bonchev–Trinajstić information content (AvgIpc) is 2.27. The minimum absolute atomic E-state index is 0.0150. The molecule has 0 aromatic heterocycles. The van der Waals surface area contributed by atoms with Gasteiger partial charge in [0, 0.05) is 19.6 Å². The number of aliphatic hydroxyl groups is 2. The van der Waals surface area contributed by atoms with Gasteiger partial charge in [-0.25, -0.2) is 0 Å². The van der Waals surface area contributed by atoms with Crippen molar-refractivity contribution in [1.82, 2.24) is 0 Å². The lowest BCUT2D eigenvalue weighted by atomic mass is 9.65. The molecule has 0 spiro atoms. The molecule has 0 aliphatic carbocycles. The van der Waals surface area contributed by atoms with Crippen molar-refractivity contribution in [2.45, 2.75) is 26.7 Å². The fraction of sp³-hybridized carbons (Fsp3) is 0.818. The first-order valence-corrected chi connectivity index (χ1v) is 5.56. The van der Waals surface area contributed by atoms with Gasteiger partial charge in [-0.15, -0.1) is 0 Å². The number of rotatable bonds is 8. The number of amides is 1. The van der Waals surface area contributed by atoms with Gasteiger partial charge in [0.25, 0.3) is 0 Å². The molecule has 0 aromatic rings. The molecule has 17 heavy (non-hydrogen) atoms. The lowest BCUT2D eigenvalue weighted by Gasteiger charge is -2.38. The van der Waals surface area contributed by atoms with Gasteiger partial charge >= 0.3 is 5.97 Å². The Morgan fingerprint density at radius 2 is 1.59 bits per heavy atom. The zero-order chi connectivity index (χ0) is 13.6. The Bertz CT molecular complexity index is 269. The third kappa shape index (κ3) is 3.41. The van der Waals surface area contributed by atoms with E-state index in [1.165, 1.54) is 0 Å². The number of hydrogen-bond acceptors (Lipinski definition) is 4. The highest BCUT2D eigenvalue weighted by Crippen LogP contribution is 2.40. The van der Waals surface area contributed by atoms with E-state index in [-0.39, 0.29) is 26.1 Å². The Balaban J connectivity index is 5.24. The molecule has 0 rings (SSSR count). The number of carboxylic acid groups (broad SMARTS) is 1. The highest BCUT2D eigenvalue weighted by atomic mass is 16.4. The topological polar surface area (TPSA) is 121 Å². The van der Waals surface area contributed by atoms with Gasteiger partial charge in [-0.2, -0.15) is 0 Å². The lowest BCUT2D eigenvalue weighted by Crippen LogP contribution is -2.46. The molecule has 0 aromatic carbocycles. The van der Waals surface area contributed by atoms with E-state index in [1.807, 2.05) is 0 Å². The molecule has 0 heterocycles. The number of hydrogen-bond donors (Lipinski definition) is 4. The zero-order valence-electron chi connectivity index (χ0n) is 10.2. The minimum atomic E-state index is -1.33. The van der Waals surface area contributed by atoms with Gasteiger partial charge in [0.05, 0.1) is 5.41 Å². The second kappa shape index (κ2) is 6.56. The lowest BCUT2D eigenvalue weighted by molar-refractivity contribution is -0.160. The SMILES string of the molecule is CC(CO)C(CCC(N)=O)(C(=O)O)C(C)CO. The van der Waals surface area contributed by atoms with Crippen molar-refractivity contribution < 1.29 is 24.9 Å². The van der Waals surface area contributed by atoms with Crippen LogP contribution in [0.5, 0.6) is 0 Å². The molecule has 2 atom stereocenters. The molecule has 0 radical (unpaired) electrons. The number of carbonyl (C=O) groups excluding carboxylic acids is 1. The predicted octanol–water partition coefficient (Wildman–Crippen LogP) is -0.420. The van der Waals surface area contributed by atoms with E-state index in [4.69, 9.17) is 15.9 Å². The second-order valence-electron chi connectivity index (χ2n) is 4.48. The molecule has 6 nitrogen and oxygen atoms in total. The van der Waals surface area contributed by atoms with Crippen LogP contribution < -0.4 is 5.73 Å². The van der Waals surface area contributed by atoms with Crippen molar-refractivity contribution in [2.75, 3.05) is 13.2 Å². The number of aliphatic hydroxyl groups excluding tert-OH is 2. The Morgan fingerprint density at radius 1 is 1.18 bits per heavy atom. The molecule has 0 fully saturated rings. The van der Waals surface area contributed by atoms with Gasteiger partial charge in [-0.3, -0.25) is 9.59 Å². The second-order valence-corrected chi connectivity index (χ2v) is 4.48. The normalized spacial score (nSPS) is 18.1. The molecule has 0 aliphatic rings. The summed E-state index contributed by atoms with van der Waals surface area (Å²) in [5, 5.41) is 27.7. The van der Waals surface area contributed by atoms with Gasteiger partial charge in [0.2, 0.25) is 5.91 Å². The molecular weight excluding hydrogens is 226 g/mol. The fourth-order valence-corrected chi connectivity index (χ4v) is 2.16. The Hall–Kier alpha value is -1.14. The van der Waals surface area contributed by atoms with Crippen molar-refractivity contribution in [3.63, 3.8) is 0 Å². The Labute approximate surface area is 100 Å². The number of nitrogens with two attached hydrogens (primary N) is 1. The van der Waals surface area contributed by atoms with Gasteiger partial charge < -0.3 is 21.1 Å². The summed E-state index contributed by atoms with van der Waals surface area (Å²) in [5.74, 6) is -2.85. The Morgan fingerprint density at radius 3 is 1.82 bits per heavy atom. The predicted molar refractivity (Wildman–Crippen MR) is 61.0 cm³/mol. The van der Waals surface area contributed by atoms with Crippen molar-refractivity contribution in [3.05, 3.63) is 0 Å². The molecule has 100 valence electrons. The molecule has 1 amide bonds. The van der Waals surface area contributed by atoms with E-state index in [0.717, 1.165) is 0 Å². The molecule has 6 heteroatoms. The van der Waals surface area contributed by atoms with E-state index in [0.29, 0.717) is 0 Å². The first kappa shape index (κ1) is 15.9.